The molecule has 1 saturated heterocycles. The molecule has 0 bridgehead atoms. The zero-order chi connectivity index (χ0) is 60.6. The number of likely N-dealkylation sites (tertiary alicyclic amines) is 1. The number of H-pyrrole nitrogens is 1. The number of nitrogens with two attached hydrogens (primary N) is 2. The molecule has 0 spiro atoms. The highest BCUT2D eigenvalue weighted by molar-refractivity contribution is 5.99. The van der Waals surface area contributed by atoms with Gasteiger partial charge in [0, 0.05) is 31.3 Å². The Kier molecular flexibility index (Phi) is 29.3. The van der Waals surface area contributed by atoms with Gasteiger partial charge < -0.3 is 84.3 Å². The van der Waals surface area contributed by atoms with Crippen LogP contribution in [0.5, 0.6) is 0 Å². The van der Waals surface area contributed by atoms with E-state index in [-0.39, 0.29) is 31.7 Å². The van der Waals surface area contributed by atoms with Crippen molar-refractivity contribution in [3.63, 3.8) is 0 Å². The number of aliphatic hydroxyl groups excluding tert-OH is 1. The van der Waals surface area contributed by atoms with Crippen LogP contribution in [-0.2, 0) is 64.0 Å². The number of rotatable bonds is 36. The third kappa shape index (κ3) is 21.8. The number of nitrogens with one attached hydrogen (secondary N) is 9. The summed E-state index contributed by atoms with van der Waals surface area (Å²) in [7, 11) is 0. The van der Waals surface area contributed by atoms with Gasteiger partial charge in [-0.25, -0.2) is 9.78 Å². The number of imidazole rings is 1. The molecule has 29 heteroatoms. The normalized spacial score (nSPS) is 17.4. The third-order valence-electron chi connectivity index (χ3n) is 13.9. The van der Waals surface area contributed by atoms with Crippen LogP contribution >= 0.6 is 0 Å². The Bertz CT molecular complexity index is 2280. The SMILES string of the molecule is CC[C@H](C)[C@H](N)C(=O)N1CCC[C@H]1C(=O)N[C@@H](Cc1cnc[nH]1)C(=O)N[C@@H](CCC(=O)O)C(=O)N[C@@H](CO)C(=O)N[C@H](C(=O)N[C@@H](CC(=O)O)C(=O)N[C@H](C(=O)N[C@H](C(=O)N[C@@H](CCCCN)C(=O)O)[C@@H](C)CC)C(C)C)C(C)C. The van der Waals surface area contributed by atoms with Gasteiger partial charge in [0.05, 0.1) is 25.4 Å². The Morgan fingerprint density at radius 3 is 1.66 bits per heavy atom. The molecule has 2 heterocycles. The molecule has 12 atom stereocenters. The van der Waals surface area contributed by atoms with Gasteiger partial charge >= 0.3 is 17.9 Å². The summed E-state index contributed by atoms with van der Waals surface area (Å²) in [5, 5.41) is 58.8. The van der Waals surface area contributed by atoms with Gasteiger partial charge in [0.2, 0.25) is 53.2 Å². The molecule has 450 valence electrons. The van der Waals surface area contributed by atoms with E-state index in [1.165, 1.54) is 45.1 Å². The molecule has 2 rings (SSSR count). The van der Waals surface area contributed by atoms with Crippen molar-refractivity contribution >= 4 is 71.1 Å². The molecule has 1 aromatic rings. The summed E-state index contributed by atoms with van der Waals surface area (Å²) in [5.41, 5.74) is 12.1. The quantitative estimate of drug-likeness (QED) is 0.0300. The van der Waals surface area contributed by atoms with Crippen molar-refractivity contribution in [2.75, 3.05) is 19.7 Å². The minimum Gasteiger partial charge on any atom is -0.481 e. The molecule has 0 unspecified atom stereocenters. The van der Waals surface area contributed by atoms with Crippen LogP contribution in [0.25, 0.3) is 0 Å². The van der Waals surface area contributed by atoms with Gasteiger partial charge in [-0.15, -0.1) is 0 Å². The molecular formula is C51H85N13O16. The molecule has 9 amide bonds. The number of aromatic nitrogens is 2. The maximum atomic E-state index is 14.1. The van der Waals surface area contributed by atoms with E-state index in [9.17, 15) is 78.0 Å². The Hall–Kier alpha value is -7.27. The number of carboxylic acid groups (broad SMARTS) is 3. The van der Waals surface area contributed by atoms with Crippen molar-refractivity contribution < 1.29 is 78.0 Å². The average molecular weight is 1140 g/mol. The molecule has 1 aromatic heterocycles. The summed E-state index contributed by atoms with van der Waals surface area (Å²) in [6.45, 7) is 12.5. The number of aliphatic carboxylic acids is 3. The summed E-state index contributed by atoms with van der Waals surface area (Å²) in [6.07, 6.45) is 2.88. The fourth-order valence-electron chi connectivity index (χ4n) is 8.54. The lowest BCUT2D eigenvalue weighted by Gasteiger charge is -2.30. The van der Waals surface area contributed by atoms with Crippen molar-refractivity contribution in [1.29, 1.82) is 0 Å². The monoisotopic (exact) mass is 1140 g/mol. The molecule has 80 heavy (non-hydrogen) atoms. The number of hydrogen-bond donors (Lipinski definition) is 15. The van der Waals surface area contributed by atoms with Gasteiger partial charge in [-0.05, 0) is 68.7 Å². The molecular weight excluding hydrogens is 1050 g/mol. The van der Waals surface area contributed by atoms with E-state index in [0.717, 1.165) is 0 Å². The second-order valence-electron chi connectivity index (χ2n) is 20.9. The van der Waals surface area contributed by atoms with Gasteiger partial charge in [0.25, 0.3) is 0 Å². The number of amides is 9. The second-order valence-corrected chi connectivity index (χ2v) is 20.9. The van der Waals surface area contributed by atoms with E-state index in [0.29, 0.717) is 44.3 Å². The van der Waals surface area contributed by atoms with E-state index in [1.807, 2.05) is 6.92 Å². The van der Waals surface area contributed by atoms with E-state index in [1.54, 1.807) is 20.8 Å². The standard InChI is InChI=1S/C51H85N13O16/c1-9-27(7)38(53)50(78)64-19-13-15-35(64)46(74)58-32(20-29-22-54-24-55-29)43(71)56-30(16-17-36(66)67)42(70)60-34(23-65)45(73)62-39(25(3)4)47(75)59-33(21-37(68)69)44(72)61-40(26(5)6)48(76)63-41(28(8)10-2)49(77)57-31(51(79)80)14-11-12-18-52/h22,24-28,30-35,38-41,65H,9-21,23,52-53H2,1-8H3,(H,54,55)(H,56,71)(H,57,77)(H,58,74)(H,59,75)(H,60,70)(H,61,72)(H,62,73)(H,63,76)(H,66,67)(H,68,69)(H,79,80)/t27-,28-,30-,31-,32-,33-,34-,35-,38-,39-,40-,41-/m0/s1. The van der Waals surface area contributed by atoms with Crippen LogP contribution in [0.1, 0.15) is 125 Å². The third-order valence-corrected chi connectivity index (χ3v) is 13.9. The number of nitrogens with zero attached hydrogens (tertiary/aromatic N) is 2. The molecule has 0 aliphatic carbocycles. The van der Waals surface area contributed by atoms with Gasteiger partial charge in [0.15, 0.2) is 0 Å². The molecule has 17 N–H and O–H groups in total. The summed E-state index contributed by atoms with van der Waals surface area (Å²) >= 11 is 0. The number of unbranched alkanes of at least 4 members (excludes halogenated alkanes) is 1. The minimum absolute atomic E-state index is 0.0698. The van der Waals surface area contributed by atoms with Crippen LogP contribution < -0.4 is 54.0 Å². The molecule has 1 aliphatic heterocycles. The van der Waals surface area contributed by atoms with Crippen molar-refractivity contribution in [2.45, 2.75) is 186 Å². The van der Waals surface area contributed by atoms with Crippen LogP contribution in [-0.4, -0.2) is 186 Å². The first-order valence-corrected chi connectivity index (χ1v) is 27.1. The summed E-state index contributed by atoms with van der Waals surface area (Å²) in [5.74, 6) is -14.9. The van der Waals surface area contributed by atoms with Crippen LogP contribution in [0, 0.1) is 23.7 Å². The first-order chi connectivity index (χ1) is 37.6. The van der Waals surface area contributed by atoms with E-state index < -0.39 is 175 Å². The highest BCUT2D eigenvalue weighted by Gasteiger charge is 2.41. The fourth-order valence-corrected chi connectivity index (χ4v) is 8.54. The molecule has 0 radical (unpaired) electrons. The zero-order valence-corrected chi connectivity index (χ0v) is 46.9. The lowest BCUT2D eigenvalue weighted by atomic mass is 9.95. The largest absolute Gasteiger partial charge is 0.481 e. The molecule has 0 saturated carbocycles. The van der Waals surface area contributed by atoms with Crippen molar-refractivity contribution in [3.05, 3.63) is 18.2 Å². The minimum atomic E-state index is -1.88. The van der Waals surface area contributed by atoms with Crippen LogP contribution in [0.2, 0.25) is 0 Å². The second kappa shape index (κ2) is 34.0. The average Bonchev–Trinajstić information content (AvgIpc) is 4.12. The topological polar surface area (TPSA) is 466 Å². The number of carboxylic acids is 3. The number of aromatic amines is 1. The molecule has 1 fully saturated rings. The molecule has 0 aromatic carbocycles. The van der Waals surface area contributed by atoms with E-state index >= 15 is 0 Å². The first-order valence-electron chi connectivity index (χ1n) is 27.1. The maximum Gasteiger partial charge on any atom is 0.326 e. The number of carbonyl (C=O) groups excluding carboxylic acids is 9. The number of aliphatic hydroxyl groups is 1. The maximum absolute atomic E-state index is 14.1. The van der Waals surface area contributed by atoms with E-state index in [2.05, 4.69) is 52.5 Å². The molecule has 29 nitrogen and oxygen atoms in total. The summed E-state index contributed by atoms with van der Waals surface area (Å²) in [4.78, 5) is 168. The number of hydrogen-bond acceptors (Lipinski definition) is 16. The highest BCUT2D eigenvalue weighted by atomic mass is 16.4. The Balaban J connectivity index is 2.33. The lowest BCUT2D eigenvalue weighted by Crippen LogP contribution is -2.62. The van der Waals surface area contributed by atoms with Crippen molar-refractivity contribution in [1.82, 2.24) is 57.4 Å². The van der Waals surface area contributed by atoms with Crippen LogP contribution in [0.4, 0.5) is 0 Å². The summed E-state index contributed by atoms with van der Waals surface area (Å²) in [6, 6.07) is -14.4. The predicted octanol–water partition coefficient (Wildman–Crippen LogP) is -2.90. The van der Waals surface area contributed by atoms with Crippen LogP contribution in [0.3, 0.4) is 0 Å². The highest BCUT2D eigenvalue weighted by Crippen LogP contribution is 2.21. The Morgan fingerprint density at radius 2 is 1.15 bits per heavy atom. The summed E-state index contributed by atoms with van der Waals surface area (Å²) < 4.78 is 0. The Labute approximate surface area is 464 Å². The van der Waals surface area contributed by atoms with Gasteiger partial charge in [-0.1, -0.05) is 68.2 Å². The lowest BCUT2D eigenvalue weighted by molar-refractivity contribution is -0.143. The van der Waals surface area contributed by atoms with Crippen molar-refractivity contribution in [2.24, 2.45) is 35.1 Å². The van der Waals surface area contributed by atoms with Crippen LogP contribution in [0.15, 0.2) is 12.5 Å². The van der Waals surface area contributed by atoms with Crippen molar-refractivity contribution in [3.8, 4) is 0 Å². The van der Waals surface area contributed by atoms with E-state index in [4.69, 9.17) is 11.5 Å². The fraction of sp³-hybridized carbons (Fsp3) is 0.706. The van der Waals surface area contributed by atoms with Gasteiger partial charge in [0.1, 0.15) is 54.4 Å². The number of carbonyl (C=O) groups is 12. The van der Waals surface area contributed by atoms with Gasteiger partial charge in [-0.3, -0.25) is 52.7 Å². The predicted molar refractivity (Wildman–Crippen MR) is 286 cm³/mol. The Morgan fingerprint density at radius 1 is 0.637 bits per heavy atom. The smallest absolute Gasteiger partial charge is 0.326 e. The zero-order valence-electron chi connectivity index (χ0n) is 46.9. The molecule has 1 aliphatic rings. The first kappa shape index (κ1) is 68.8. The van der Waals surface area contributed by atoms with Gasteiger partial charge in [-0.2, -0.15) is 0 Å².